The monoisotopic (exact) mass is 460 g/mol. The van der Waals surface area contributed by atoms with Crippen molar-refractivity contribution >= 4 is 39.7 Å². The van der Waals surface area contributed by atoms with E-state index < -0.39 is 11.9 Å². The van der Waals surface area contributed by atoms with Crippen molar-refractivity contribution in [2.24, 2.45) is 0 Å². The summed E-state index contributed by atoms with van der Waals surface area (Å²) < 4.78 is 2.68. The first kappa shape index (κ1) is 20.6. The Labute approximate surface area is 191 Å². The van der Waals surface area contributed by atoms with Crippen LogP contribution in [0.2, 0.25) is 5.02 Å². The van der Waals surface area contributed by atoms with Gasteiger partial charge in [-0.15, -0.1) is 14.8 Å². The van der Waals surface area contributed by atoms with Crippen LogP contribution in [0, 0.1) is 0 Å². The van der Waals surface area contributed by atoms with Crippen LogP contribution in [0.5, 0.6) is 0 Å². The van der Waals surface area contributed by atoms with Gasteiger partial charge in [0.1, 0.15) is 23.2 Å². The molecule has 2 aromatic carbocycles. The lowest BCUT2D eigenvalue weighted by molar-refractivity contribution is 0.0940. The zero-order chi connectivity index (χ0) is 23.1. The van der Waals surface area contributed by atoms with E-state index in [0.717, 1.165) is 0 Å². The van der Waals surface area contributed by atoms with Gasteiger partial charge < -0.3 is 11.1 Å². The average molecular weight is 461 g/mol. The molecule has 1 atom stereocenters. The highest BCUT2D eigenvalue weighted by atomic mass is 35.5. The molecule has 0 aliphatic carbocycles. The SMILES string of the molecule is C[C@H](NC(=O)c1c(N)nn2ncncc12)c1nc2cccc(Cl)c2c(=O)n1-c1ccccc1. The van der Waals surface area contributed by atoms with E-state index in [1.165, 1.54) is 21.7 Å². The lowest BCUT2D eigenvalue weighted by Crippen LogP contribution is -2.33. The van der Waals surface area contributed by atoms with Crippen molar-refractivity contribution in [1.82, 2.24) is 34.7 Å². The molecule has 0 spiro atoms. The summed E-state index contributed by atoms with van der Waals surface area (Å²) in [5, 5.41) is 11.5. The number of para-hydroxylation sites is 1. The van der Waals surface area contributed by atoms with Gasteiger partial charge in [-0.2, -0.15) is 0 Å². The molecule has 10 nitrogen and oxygen atoms in total. The van der Waals surface area contributed by atoms with E-state index in [-0.39, 0.29) is 16.9 Å². The van der Waals surface area contributed by atoms with Gasteiger partial charge in [0.15, 0.2) is 5.82 Å². The topological polar surface area (TPSA) is 133 Å². The summed E-state index contributed by atoms with van der Waals surface area (Å²) in [6.07, 6.45) is 2.75. The lowest BCUT2D eigenvalue weighted by Gasteiger charge is -2.20. The number of benzene rings is 2. The van der Waals surface area contributed by atoms with Gasteiger partial charge in [-0.25, -0.2) is 9.97 Å². The number of fused-ring (bicyclic) bond motifs is 2. The van der Waals surface area contributed by atoms with Crippen LogP contribution in [-0.2, 0) is 0 Å². The second kappa shape index (κ2) is 7.99. The molecule has 5 aromatic rings. The van der Waals surface area contributed by atoms with Crippen LogP contribution < -0.4 is 16.6 Å². The van der Waals surface area contributed by atoms with Gasteiger partial charge in [0.2, 0.25) is 0 Å². The summed E-state index contributed by atoms with van der Waals surface area (Å²) in [6.45, 7) is 1.73. The van der Waals surface area contributed by atoms with Gasteiger partial charge >= 0.3 is 0 Å². The average Bonchev–Trinajstić information content (AvgIpc) is 3.15. The van der Waals surface area contributed by atoms with Gasteiger partial charge in [0, 0.05) is 0 Å². The van der Waals surface area contributed by atoms with Crippen molar-refractivity contribution < 1.29 is 4.79 Å². The molecule has 0 unspecified atom stereocenters. The van der Waals surface area contributed by atoms with E-state index in [1.807, 2.05) is 18.2 Å². The largest absolute Gasteiger partial charge is 0.381 e. The minimum atomic E-state index is -0.673. The molecule has 1 amide bonds. The van der Waals surface area contributed by atoms with Crippen molar-refractivity contribution in [3.8, 4) is 5.69 Å². The fourth-order valence-corrected chi connectivity index (χ4v) is 3.96. The molecule has 0 aliphatic rings. The van der Waals surface area contributed by atoms with Crippen molar-refractivity contribution in [3.63, 3.8) is 0 Å². The third kappa shape index (κ3) is 3.46. The first-order valence-corrected chi connectivity index (χ1v) is 10.4. The Morgan fingerprint density at radius 1 is 1.15 bits per heavy atom. The Bertz CT molecular complexity index is 1580. The van der Waals surface area contributed by atoms with E-state index in [4.69, 9.17) is 17.3 Å². The maximum atomic E-state index is 13.5. The van der Waals surface area contributed by atoms with Crippen LogP contribution in [0.15, 0.2) is 65.8 Å². The van der Waals surface area contributed by atoms with Crippen LogP contribution in [0.4, 0.5) is 5.82 Å². The number of amides is 1. The third-order valence-electron chi connectivity index (χ3n) is 5.20. The van der Waals surface area contributed by atoms with Gasteiger partial charge in [-0.1, -0.05) is 35.9 Å². The molecule has 0 saturated carbocycles. The first-order chi connectivity index (χ1) is 16.0. The van der Waals surface area contributed by atoms with Crippen LogP contribution in [0.3, 0.4) is 0 Å². The van der Waals surface area contributed by atoms with Crippen LogP contribution >= 0.6 is 11.6 Å². The highest BCUT2D eigenvalue weighted by molar-refractivity contribution is 6.35. The highest BCUT2D eigenvalue weighted by Gasteiger charge is 2.24. The molecule has 3 aromatic heterocycles. The van der Waals surface area contributed by atoms with Crippen LogP contribution in [0.25, 0.3) is 22.1 Å². The number of carbonyl (C=O) groups excluding carboxylic acids is 1. The number of halogens is 1. The van der Waals surface area contributed by atoms with Crippen molar-refractivity contribution in [2.45, 2.75) is 13.0 Å². The number of aromatic nitrogens is 6. The van der Waals surface area contributed by atoms with Crippen molar-refractivity contribution in [1.29, 1.82) is 0 Å². The smallest absolute Gasteiger partial charge is 0.267 e. The van der Waals surface area contributed by atoms with E-state index >= 15 is 0 Å². The molecule has 164 valence electrons. The second-order valence-corrected chi connectivity index (χ2v) is 7.73. The molecule has 3 N–H and O–H groups in total. The Balaban J connectivity index is 1.64. The minimum absolute atomic E-state index is 0.0129. The molecular formula is C22H17ClN8O2. The highest BCUT2D eigenvalue weighted by Crippen LogP contribution is 2.24. The fourth-order valence-electron chi connectivity index (χ4n) is 3.71. The summed E-state index contributed by atoms with van der Waals surface area (Å²) in [6, 6.07) is 13.4. The van der Waals surface area contributed by atoms with Crippen LogP contribution in [-0.4, -0.2) is 35.3 Å². The fraction of sp³-hybridized carbons (Fsp3) is 0.0909. The van der Waals surface area contributed by atoms with E-state index in [2.05, 4.69) is 25.5 Å². The number of anilines is 1. The quantitative estimate of drug-likeness (QED) is 0.421. The number of carbonyl (C=O) groups is 1. The molecule has 5 rings (SSSR count). The predicted molar refractivity (Wildman–Crippen MR) is 123 cm³/mol. The molecule has 0 bridgehead atoms. The van der Waals surface area contributed by atoms with Crippen molar-refractivity contribution in [2.75, 3.05) is 5.73 Å². The van der Waals surface area contributed by atoms with Crippen molar-refractivity contribution in [3.05, 3.63) is 87.8 Å². The molecule has 33 heavy (non-hydrogen) atoms. The standard InChI is InChI=1S/C22H17ClN8O2/c1-12(27-21(32)18-16-10-25-11-26-31(16)29-19(18)24)20-28-15-9-5-8-14(23)17(15)22(33)30(20)13-6-3-2-4-7-13/h2-12H,1H3,(H2,24,29)(H,27,32)/t12-/m0/s1. The normalized spacial score (nSPS) is 12.2. The number of hydrogen-bond acceptors (Lipinski definition) is 7. The van der Waals surface area contributed by atoms with E-state index in [9.17, 15) is 9.59 Å². The molecule has 11 heteroatoms. The Morgan fingerprint density at radius 2 is 1.94 bits per heavy atom. The van der Waals surface area contributed by atoms with Gasteiger partial charge in [0.25, 0.3) is 11.5 Å². The summed E-state index contributed by atoms with van der Waals surface area (Å²) in [5.41, 5.74) is 7.15. The van der Waals surface area contributed by atoms with Gasteiger partial charge in [0.05, 0.1) is 33.9 Å². The minimum Gasteiger partial charge on any atom is -0.381 e. The van der Waals surface area contributed by atoms with Gasteiger partial charge in [-0.3, -0.25) is 14.2 Å². The molecule has 0 radical (unpaired) electrons. The molecule has 0 aliphatic heterocycles. The summed E-state index contributed by atoms with van der Waals surface area (Å²) in [5.74, 6) is -0.149. The first-order valence-electron chi connectivity index (χ1n) is 9.97. The third-order valence-corrected chi connectivity index (χ3v) is 5.52. The molecule has 0 fully saturated rings. The Morgan fingerprint density at radius 3 is 2.73 bits per heavy atom. The maximum absolute atomic E-state index is 13.5. The van der Waals surface area contributed by atoms with E-state index in [0.29, 0.717) is 33.0 Å². The van der Waals surface area contributed by atoms with Crippen LogP contribution in [0.1, 0.15) is 29.1 Å². The zero-order valence-electron chi connectivity index (χ0n) is 17.3. The number of nitrogen functional groups attached to an aromatic ring is 1. The second-order valence-electron chi connectivity index (χ2n) is 7.32. The maximum Gasteiger partial charge on any atom is 0.267 e. The number of hydrogen-bond donors (Lipinski definition) is 2. The number of nitrogens with two attached hydrogens (primary N) is 1. The molecular weight excluding hydrogens is 444 g/mol. The summed E-state index contributed by atoms with van der Waals surface area (Å²) in [4.78, 5) is 35.2. The zero-order valence-corrected chi connectivity index (χ0v) is 18.1. The summed E-state index contributed by atoms with van der Waals surface area (Å²) >= 11 is 6.32. The Hall–Kier alpha value is -4.31. The molecule has 3 heterocycles. The Kier molecular flexibility index (Phi) is 4.98. The van der Waals surface area contributed by atoms with E-state index in [1.54, 1.807) is 37.3 Å². The summed E-state index contributed by atoms with van der Waals surface area (Å²) in [7, 11) is 0. The number of nitrogens with zero attached hydrogens (tertiary/aromatic N) is 6. The lowest BCUT2D eigenvalue weighted by atomic mass is 10.2. The predicted octanol–water partition coefficient (Wildman–Crippen LogP) is 2.55. The van der Waals surface area contributed by atoms with Gasteiger partial charge in [-0.05, 0) is 31.2 Å². The molecule has 0 saturated heterocycles. The number of nitrogens with one attached hydrogen (secondary N) is 1. The number of rotatable bonds is 4.